The normalized spacial score (nSPS) is 15.4. The van der Waals surface area contributed by atoms with E-state index in [9.17, 15) is 0 Å². The van der Waals surface area contributed by atoms with Gasteiger partial charge < -0.3 is 15.5 Å². The molecule has 0 saturated carbocycles. The minimum atomic E-state index is 0.700. The number of piperazine rings is 1. The summed E-state index contributed by atoms with van der Waals surface area (Å²) in [5.41, 5.74) is 7.49. The second-order valence-electron chi connectivity index (χ2n) is 4.87. The number of aromatic nitrogens is 1. The first-order valence-corrected chi connectivity index (χ1v) is 7.08. The molecule has 104 valence electrons. The summed E-state index contributed by atoms with van der Waals surface area (Å²) in [5, 5.41) is 0.719. The maximum absolute atomic E-state index is 6.27. The van der Waals surface area contributed by atoms with Gasteiger partial charge in [0, 0.05) is 38.1 Å². The lowest BCUT2D eigenvalue weighted by molar-refractivity contribution is 0.647. The van der Waals surface area contributed by atoms with Gasteiger partial charge in [0.1, 0.15) is 5.82 Å². The zero-order chi connectivity index (χ0) is 13.9. The molecule has 0 radical (unpaired) electrons. The summed E-state index contributed by atoms with van der Waals surface area (Å²) in [6.45, 7) is 3.75. The van der Waals surface area contributed by atoms with E-state index >= 15 is 0 Å². The Morgan fingerprint density at radius 2 is 1.75 bits per heavy atom. The van der Waals surface area contributed by atoms with Crippen LogP contribution in [0.4, 0.5) is 17.2 Å². The summed E-state index contributed by atoms with van der Waals surface area (Å²) in [5.74, 6) is 1.04. The maximum atomic E-state index is 6.27. The van der Waals surface area contributed by atoms with Crippen LogP contribution in [0.2, 0.25) is 5.02 Å². The number of nitrogens with two attached hydrogens (primary N) is 1. The molecule has 0 aliphatic carbocycles. The van der Waals surface area contributed by atoms with Crippen molar-refractivity contribution in [1.29, 1.82) is 0 Å². The monoisotopic (exact) mass is 288 g/mol. The SMILES string of the molecule is Nc1ccc(N2CCN(c3ccccn3)CC2)c(Cl)c1. The number of hydrogen-bond acceptors (Lipinski definition) is 4. The van der Waals surface area contributed by atoms with Crippen molar-refractivity contribution >= 4 is 28.8 Å². The van der Waals surface area contributed by atoms with Gasteiger partial charge in [0.2, 0.25) is 0 Å². The summed E-state index contributed by atoms with van der Waals surface area (Å²) in [7, 11) is 0. The van der Waals surface area contributed by atoms with Crippen LogP contribution in [0, 0.1) is 0 Å². The molecule has 1 aliphatic heterocycles. The molecule has 1 aliphatic rings. The molecule has 2 aromatic rings. The van der Waals surface area contributed by atoms with Crippen molar-refractivity contribution in [2.24, 2.45) is 0 Å². The summed E-state index contributed by atoms with van der Waals surface area (Å²) in [6, 6.07) is 11.7. The molecule has 5 heteroatoms. The molecule has 0 atom stereocenters. The predicted octanol–water partition coefficient (Wildman–Crippen LogP) is 2.64. The largest absolute Gasteiger partial charge is 0.399 e. The van der Waals surface area contributed by atoms with Crippen molar-refractivity contribution in [1.82, 2.24) is 4.98 Å². The van der Waals surface area contributed by atoms with E-state index in [4.69, 9.17) is 17.3 Å². The third-order valence-corrected chi connectivity index (χ3v) is 3.87. The van der Waals surface area contributed by atoms with E-state index in [2.05, 4.69) is 14.8 Å². The molecule has 2 N–H and O–H groups in total. The molecule has 0 spiro atoms. The number of rotatable bonds is 2. The van der Waals surface area contributed by atoms with E-state index in [1.807, 2.05) is 42.6 Å². The molecule has 0 amide bonds. The first kappa shape index (κ1) is 13.1. The predicted molar refractivity (Wildman–Crippen MR) is 84.5 cm³/mol. The molecule has 0 bridgehead atoms. The highest BCUT2D eigenvalue weighted by atomic mass is 35.5. The number of nitrogens with zero attached hydrogens (tertiary/aromatic N) is 3. The summed E-state index contributed by atoms with van der Waals surface area (Å²) < 4.78 is 0. The molecule has 1 aromatic carbocycles. The quantitative estimate of drug-likeness (QED) is 0.863. The minimum absolute atomic E-state index is 0.700. The Hall–Kier alpha value is -1.94. The summed E-state index contributed by atoms with van der Waals surface area (Å²) in [6.07, 6.45) is 1.83. The Labute approximate surface area is 123 Å². The Kier molecular flexibility index (Phi) is 3.65. The van der Waals surface area contributed by atoms with Crippen LogP contribution in [-0.2, 0) is 0 Å². The number of benzene rings is 1. The molecule has 3 rings (SSSR count). The maximum Gasteiger partial charge on any atom is 0.128 e. The van der Waals surface area contributed by atoms with Crippen LogP contribution in [0.25, 0.3) is 0 Å². The van der Waals surface area contributed by atoms with E-state index in [1.54, 1.807) is 0 Å². The Morgan fingerprint density at radius 1 is 1.00 bits per heavy atom. The molecule has 2 heterocycles. The van der Waals surface area contributed by atoms with Gasteiger partial charge in [0.05, 0.1) is 10.7 Å². The van der Waals surface area contributed by atoms with E-state index in [1.165, 1.54) is 0 Å². The van der Waals surface area contributed by atoms with Gasteiger partial charge >= 0.3 is 0 Å². The van der Waals surface area contributed by atoms with Gasteiger partial charge in [-0.15, -0.1) is 0 Å². The van der Waals surface area contributed by atoms with Gasteiger partial charge in [-0.1, -0.05) is 17.7 Å². The zero-order valence-electron chi connectivity index (χ0n) is 11.2. The van der Waals surface area contributed by atoms with Crippen molar-refractivity contribution < 1.29 is 0 Å². The molecule has 4 nitrogen and oxygen atoms in total. The van der Waals surface area contributed by atoms with E-state index < -0.39 is 0 Å². The Morgan fingerprint density at radius 3 is 2.40 bits per heavy atom. The highest BCUT2D eigenvalue weighted by molar-refractivity contribution is 6.33. The third-order valence-electron chi connectivity index (χ3n) is 3.57. The van der Waals surface area contributed by atoms with Crippen LogP contribution in [-0.4, -0.2) is 31.2 Å². The number of pyridine rings is 1. The standard InChI is InChI=1S/C15H17ClN4/c16-13-11-12(17)4-5-14(13)19-7-9-20(10-8-19)15-3-1-2-6-18-15/h1-6,11H,7-10,17H2. The van der Waals surface area contributed by atoms with Crippen LogP contribution in [0.5, 0.6) is 0 Å². The number of halogens is 1. The highest BCUT2D eigenvalue weighted by Gasteiger charge is 2.19. The second kappa shape index (κ2) is 5.59. The molecule has 20 heavy (non-hydrogen) atoms. The van der Waals surface area contributed by atoms with Gasteiger partial charge in [-0.2, -0.15) is 0 Å². The topological polar surface area (TPSA) is 45.4 Å². The van der Waals surface area contributed by atoms with Crippen LogP contribution < -0.4 is 15.5 Å². The van der Waals surface area contributed by atoms with E-state index in [0.29, 0.717) is 5.69 Å². The van der Waals surface area contributed by atoms with Crippen LogP contribution >= 0.6 is 11.6 Å². The minimum Gasteiger partial charge on any atom is -0.399 e. The number of anilines is 3. The fourth-order valence-electron chi connectivity index (χ4n) is 2.50. The van der Waals surface area contributed by atoms with Crippen molar-refractivity contribution in [3.63, 3.8) is 0 Å². The first-order valence-electron chi connectivity index (χ1n) is 6.70. The molecular formula is C15H17ClN4. The van der Waals surface area contributed by atoms with Gasteiger partial charge in [-0.3, -0.25) is 0 Å². The smallest absolute Gasteiger partial charge is 0.128 e. The number of hydrogen-bond donors (Lipinski definition) is 1. The first-order chi connectivity index (χ1) is 9.74. The highest BCUT2D eigenvalue weighted by Crippen LogP contribution is 2.29. The van der Waals surface area contributed by atoms with Crippen molar-refractivity contribution in [3.8, 4) is 0 Å². The van der Waals surface area contributed by atoms with Crippen molar-refractivity contribution in [2.45, 2.75) is 0 Å². The van der Waals surface area contributed by atoms with Gasteiger partial charge in [-0.05, 0) is 30.3 Å². The van der Waals surface area contributed by atoms with Crippen LogP contribution in [0.1, 0.15) is 0 Å². The lowest BCUT2D eigenvalue weighted by atomic mass is 10.2. The van der Waals surface area contributed by atoms with Crippen LogP contribution in [0.3, 0.4) is 0 Å². The van der Waals surface area contributed by atoms with Crippen molar-refractivity contribution in [3.05, 3.63) is 47.6 Å². The fraction of sp³-hybridized carbons (Fsp3) is 0.267. The molecule has 1 saturated heterocycles. The molecule has 0 unspecified atom stereocenters. The van der Waals surface area contributed by atoms with Gasteiger partial charge in [0.15, 0.2) is 0 Å². The Balaban J connectivity index is 1.69. The van der Waals surface area contributed by atoms with E-state index in [0.717, 1.165) is 42.7 Å². The summed E-state index contributed by atoms with van der Waals surface area (Å²) >= 11 is 6.27. The second-order valence-corrected chi connectivity index (χ2v) is 5.28. The number of nitrogen functional groups attached to an aromatic ring is 1. The fourth-order valence-corrected chi connectivity index (χ4v) is 2.81. The lowest BCUT2D eigenvalue weighted by Gasteiger charge is -2.37. The van der Waals surface area contributed by atoms with Crippen molar-refractivity contribution in [2.75, 3.05) is 41.7 Å². The Bertz CT molecular complexity index is 580. The molecule has 1 aromatic heterocycles. The van der Waals surface area contributed by atoms with Gasteiger partial charge in [0.25, 0.3) is 0 Å². The zero-order valence-corrected chi connectivity index (χ0v) is 11.9. The average molecular weight is 289 g/mol. The third kappa shape index (κ3) is 2.65. The van der Waals surface area contributed by atoms with E-state index in [-0.39, 0.29) is 0 Å². The van der Waals surface area contributed by atoms with Gasteiger partial charge in [-0.25, -0.2) is 4.98 Å². The summed E-state index contributed by atoms with van der Waals surface area (Å²) in [4.78, 5) is 8.98. The van der Waals surface area contributed by atoms with Crippen LogP contribution in [0.15, 0.2) is 42.6 Å². The molecular weight excluding hydrogens is 272 g/mol. The average Bonchev–Trinajstić information content (AvgIpc) is 2.48. The lowest BCUT2D eigenvalue weighted by Crippen LogP contribution is -2.46. The molecule has 1 fully saturated rings.